The third-order valence-electron chi connectivity index (χ3n) is 7.66. The molecule has 1 heterocycles. The van der Waals surface area contributed by atoms with Crippen molar-refractivity contribution in [2.75, 3.05) is 6.54 Å². The molecule has 4 heteroatoms. The maximum absolute atomic E-state index is 13.8. The van der Waals surface area contributed by atoms with E-state index in [-0.39, 0.29) is 17.5 Å². The van der Waals surface area contributed by atoms with Gasteiger partial charge in [-0.3, -0.25) is 14.4 Å². The van der Waals surface area contributed by atoms with E-state index in [9.17, 15) is 14.4 Å². The molecule has 0 bridgehead atoms. The summed E-state index contributed by atoms with van der Waals surface area (Å²) in [5, 5.41) is 0. The van der Waals surface area contributed by atoms with E-state index in [4.69, 9.17) is 0 Å². The molecule has 1 atom stereocenters. The first-order valence-corrected chi connectivity index (χ1v) is 13.3. The van der Waals surface area contributed by atoms with E-state index in [1.54, 1.807) is 4.90 Å². The molecule has 1 aliphatic rings. The van der Waals surface area contributed by atoms with Crippen LogP contribution < -0.4 is 0 Å². The fourth-order valence-corrected chi connectivity index (χ4v) is 4.98. The number of ketones is 2. The van der Waals surface area contributed by atoms with Crippen LogP contribution in [-0.4, -0.2) is 35.0 Å². The minimum atomic E-state index is -0.696. The third kappa shape index (κ3) is 7.37. The van der Waals surface area contributed by atoms with Crippen LogP contribution in [-0.2, 0) is 27.2 Å². The van der Waals surface area contributed by atoms with Crippen molar-refractivity contribution in [1.29, 1.82) is 0 Å². The van der Waals surface area contributed by atoms with Gasteiger partial charge in [0.25, 0.3) is 5.91 Å². The van der Waals surface area contributed by atoms with Gasteiger partial charge in [-0.2, -0.15) is 0 Å². The molecule has 2 aromatic carbocycles. The Bertz CT molecular complexity index is 922. The summed E-state index contributed by atoms with van der Waals surface area (Å²) < 4.78 is 0. The zero-order chi connectivity index (χ0) is 25.3. The summed E-state index contributed by atoms with van der Waals surface area (Å²) in [6.07, 6.45) is 7.44. The van der Waals surface area contributed by atoms with Gasteiger partial charge < -0.3 is 4.90 Å². The lowest BCUT2D eigenvalue weighted by atomic mass is 9.83. The second-order valence-corrected chi connectivity index (χ2v) is 10.6. The lowest BCUT2D eigenvalue weighted by molar-refractivity contribution is -0.151. The Hall–Kier alpha value is -2.75. The molecule has 0 saturated carbocycles. The van der Waals surface area contributed by atoms with Gasteiger partial charge in [0.15, 0.2) is 5.78 Å². The summed E-state index contributed by atoms with van der Waals surface area (Å²) in [6.45, 7) is 6.06. The van der Waals surface area contributed by atoms with Crippen molar-refractivity contribution in [3.8, 4) is 0 Å². The first kappa shape index (κ1) is 26.8. The van der Waals surface area contributed by atoms with Crippen LogP contribution in [0.15, 0.2) is 60.7 Å². The number of Topliss-reactive ketones (excluding diaryl/α,β-unsaturated/α-hetero) is 2. The van der Waals surface area contributed by atoms with Crippen LogP contribution in [0.25, 0.3) is 0 Å². The number of rotatable bonds is 13. The molecule has 0 N–H and O–H groups in total. The maximum Gasteiger partial charge on any atom is 0.291 e. The summed E-state index contributed by atoms with van der Waals surface area (Å²) in [7, 11) is 0. The quantitative estimate of drug-likeness (QED) is 0.324. The monoisotopic (exact) mass is 475 g/mol. The van der Waals surface area contributed by atoms with Crippen LogP contribution in [0.3, 0.4) is 0 Å². The van der Waals surface area contributed by atoms with E-state index in [0.717, 1.165) is 44.9 Å². The average Bonchev–Trinajstić information content (AvgIpc) is 3.38. The topological polar surface area (TPSA) is 54.5 Å². The molecular formula is C31H41NO3. The predicted molar refractivity (Wildman–Crippen MR) is 141 cm³/mol. The van der Waals surface area contributed by atoms with E-state index in [0.29, 0.717) is 19.4 Å². The highest BCUT2D eigenvalue weighted by Crippen LogP contribution is 2.29. The van der Waals surface area contributed by atoms with E-state index in [1.165, 1.54) is 11.1 Å². The molecule has 0 aromatic heterocycles. The van der Waals surface area contributed by atoms with Crippen LogP contribution in [0, 0.1) is 11.3 Å². The van der Waals surface area contributed by atoms with Crippen molar-refractivity contribution in [3.63, 3.8) is 0 Å². The molecule has 0 aliphatic carbocycles. The van der Waals surface area contributed by atoms with Crippen LogP contribution in [0.2, 0.25) is 0 Å². The lowest BCUT2D eigenvalue weighted by Crippen LogP contribution is -2.48. The number of carbonyl (C=O) groups excluding carboxylic acids is 3. The smallest absolute Gasteiger partial charge is 0.291 e. The molecule has 1 fully saturated rings. The Morgan fingerprint density at radius 2 is 1.40 bits per heavy atom. The number of amides is 1. The molecule has 1 unspecified atom stereocenters. The average molecular weight is 476 g/mol. The molecule has 2 aromatic rings. The zero-order valence-corrected chi connectivity index (χ0v) is 21.7. The number of hydrogen-bond acceptors (Lipinski definition) is 3. The van der Waals surface area contributed by atoms with Gasteiger partial charge >= 0.3 is 0 Å². The van der Waals surface area contributed by atoms with E-state index >= 15 is 0 Å². The van der Waals surface area contributed by atoms with Crippen LogP contribution in [0.1, 0.15) is 76.8 Å². The molecule has 188 valence electrons. The number of aryl methyl sites for hydroxylation is 2. The summed E-state index contributed by atoms with van der Waals surface area (Å²) in [5.74, 6) is -0.779. The fraction of sp³-hybridized carbons (Fsp3) is 0.516. The Labute approximate surface area is 211 Å². The molecule has 3 rings (SSSR count). The molecule has 0 radical (unpaired) electrons. The summed E-state index contributed by atoms with van der Waals surface area (Å²) >= 11 is 0. The van der Waals surface area contributed by atoms with Crippen molar-refractivity contribution in [2.24, 2.45) is 11.3 Å². The second kappa shape index (κ2) is 12.8. The van der Waals surface area contributed by atoms with Crippen LogP contribution >= 0.6 is 0 Å². The third-order valence-corrected chi connectivity index (χ3v) is 7.66. The van der Waals surface area contributed by atoms with Crippen LogP contribution in [0.4, 0.5) is 0 Å². The van der Waals surface area contributed by atoms with Gasteiger partial charge in [-0.25, -0.2) is 0 Å². The normalized spacial score (nSPS) is 16.0. The first-order chi connectivity index (χ1) is 16.8. The highest BCUT2D eigenvalue weighted by Gasteiger charge is 2.42. The van der Waals surface area contributed by atoms with Gasteiger partial charge in [0.05, 0.1) is 6.04 Å². The Morgan fingerprint density at radius 1 is 0.886 bits per heavy atom. The Kier molecular flexibility index (Phi) is 9.83. The predicted octanol–water partition coefficient (Wildman–Crippen LogP) is 6.21. The van der Waals surface area contributed by atoms with Crippen molar-refractivity contribution >= 4 is 17.5 Å². The number of nitrogens with zero attached hydrogens (tertiary/aromatic N) is 1. The number of likely N-dealkylation sites (tertiary alicyclic amines) is 1. The largest absolute Gasteiger partial charge is 0.326 e. The molecular weight excluding hydrogens is 434 g/mol. The Morgan fingerprint density at radius 3 is 1.89 bits per heavy atom. The highest BCUT2D eigenvalue weighted by atomic mass is 16.2. The molecule has 1 aliphatic heterocycles. The van der Waals surface area contributed by atoms with E-state index in [2.05, 4.69) is 48.5 Å². The highest BCUT2D eigenvalue weighted by molar-refractivity contribution is 6.38. The Balaban J connectivity index is 1.68. The second-order valence-electron chi connectivity index (χ2n) is 10.6. The number of benzene rings is 2. The molecule has 1 saturated heterocycles. The molecule has 35 heavy (non-hydrogen) atoms. The van der Waals surface area contributed by atoms with E-state index in [1.807, 2.05) is 32.9 Å². The van der Waals surface area contributed by atoms with E-state index < -0.39 is 17.4 Å². The van der Waals surface area contributed by atoms with Gasteiger partial charge in [0, 0.05) is 17.9 Å². The van der Waals surface area contributed by atoms with Gasteiger partial charge in [0.2, 0.25) is 5.78 Å². The number of hydrogen-bond donors (Lipinski definition) is 0. The van der Waals surface area contributed by atoms with Gasteiger partial charge in [0.1, 0.15) is 0 Å². The summed E-state index contributed by atoms with van der Waals surface area (Å²) in [4.78, 5) is 41.4. The minimum absolute atomic E-state index is 0.0879. The van der Waals surface area contributed by atoms with Crippen molar-refractivity contribution in [1.82, 2.24) is 4.90 Å². The van der Waals surface area contributed by atoms with Crippen molar-refractivity contribution in [3.05, 3.63) is 71.8 Å². The van der Waals surface area contributed by atoms with Crippen molar-refractivity contribution in [2.45, 2.75) is 84.6 Å². The van der Waals surface area contributed by atoms with Gasteiger partial charge in [-0.15, -0.1) is 0 Å². The number of carbonyl (C=O) groups is 3. The lowest BCUT2D eigenvalue weighted by Gasteiger charge is -2.29. The van der Waals surface area contributed by atoms with Gasteiger partial charge in [-0.1, -0.05) is 81.4 Å². The maximum atomic E-state index is 13.8. The molecule has 0 spiro atoms. The molecule has 4 nitrogen and oxygen atoms in total. The summed E-state index contributed by atoms with van der Waals surface area (Å²) in [5.41, 5.74) is 1.87. The molecule has 1 amide bonds. The van der Waals surface area contributed by atoms with Gasteiger partial charge in [-0.05, 0) is 68.9 Å². The minimum Gasteiger partial charge on any atom is -0.326 e. The fourth-order valence-electron chi connectivity index (χ4n) is 4.98. The standard InChI is InChI=1S/C31H41NO3/c1-4-31(2,3)29(34)30(35)32-23-13-22-27(32)28(33)26(20-11-18-24-14-7-5-8-15-24)21-12-19-25-16-9-6-10-17-25/h5-10,14-17,26-27H,4,11-13,18-23H2,1-3H3. The first-order valence-electron chi connectivity index (χ1n) is 13.3. The zero-order valence-electron chi connectivity index (χ0n) is 21.7. The van der Waals surface area contributed by atoms with Crippen molar-refractivity contribution < 1.29 is 14.4 Å². The summed E-state index contributed by atoms with van der Waals surface area (Å²) in [6, 6.07) is 20.3. The van der Waals surface area contributed by atoms with Crippen LogP contribution in [0.5, 0.6) is 0 Å². The SMILES string of the molecule is CCC(C)(C)C(=O)C(=O)N1CCCC1C(=O)C(CCCc1ccccc1)CCCc1ccccc1.